The average molecular weight is 208 g/mol. The monoisotopic (exact) mass is 208 g/mol. The predicted octanol–water partition coefficient (Wildman–Crippen LogP) is 1.31. The highest BCUT2D eigenvalue weighted by Gasteiger charge is 2.29. The maximum absolute atomic E-state index is 11.8. The molecule has 2 aliphatic rings. The number of carbonyl (C=O) groups is 1. The van der Waals surface area contributed by atoms with Gasteiger partial charge in [0, 0.05) is 13.1 Å². The van der Waals surface area contributed by atoms with Crippen molar-refractivity contribution in [3.8, 4) is 0 Å². The molecule has 0 radical (unpaired) electrons. The average Bonchev–Trinajstić information content (AvgIpc) is 2.85. The van der Waals surface area contributed by atoms with E-state index in [1.807, 2.05) is 11.9 Å². The van der Waals surface area contributed by atoms with Crippen molar-refractivity contribution in [1.29, 1.82) is 0 Å². The third-order valence-electron chi connectivity index (χ3n) is 3.48. The van der Waals surface area contributed by atoms with Gasteiger partial charge in [0.05, 0.1) is 6.04 Å². The number of hydrogen-bond acceptors (Lipinski definition) is 2. The van der Waals surface area contributed by atoms with Crippen molar-refractivity contribution >= 4 is 5.91 Å². The molecule has 0 aromatic rings. The fourth-order valence-corrected chi connectivity index (χ4v) is 2.47. The van der Waals surface area contributed by atoms with Gasteiger partial charge in [-0.15, -0.1) is 0 Å². The third kappa shape index (κ3) is 2.40. The molecule has 1 aliphatic carbocycles. The Bertz CT molecular complexity index is 273. The molecule has 1 unspecified atom stereocenters. The number of rotatable bonds is 4. The smallest absolute Gasteiger partial charge is 0.239 e. The van der Waals surface area contributed by atoms with Crippen LogP contribution in [0.3, 0.4) is 0 Å². The van der Waals surface area contributed by atoms with Gasteiger partial charge in [-0.3, -0.25) is 4.79 Å². The van der Waals surface area contributed by atoms with E-state index in [-0.39, 0.29) is 11.9 Å². The topological polar surface area (TPSA) is 32.3 Å². The Morgan fingerprint density at radius 1 is 1.60 bits per heavy atom. The maximum atomic E-state index is 11.8. The van der Waals surface area contributed by atoms with Crippen LogP contribution in [-0.2, 0) is 4.79 Å². The van der Waals surface area contributed by atoms with Gasteiger partial charge in [-0.05, 0) is 39.2 Å². The van der Waals surface area contributed by atoms with E-state index < -0.39 is 0 Å². The van der Waals surface area contributed by atoms with Gasteiger partial charge < -0.3 is 10.2 Å². The Morgan fingerprint density at radius 2 is 2.47 bits per heavy atom. The highest BCUT2D eigenvalue weighted by atomic mass is 16.2. The molecule has 1 atom stereocenters. The van der Waals surface area contributed by atoms with E-state index in [4.69, 9.17) is 0 Å². The molecule has 0 saturated carbocycles. The number of allylic oxidation sites excluding steroid dienone is 1. The molecule has 84 valence electrons. The van der Waals surface area contributed by atoms with Crippen molar-refractivity contribution in [3.05, 3.63) is 11.6 Å². The van der Waals surface area contributed by atoms with Crippen LogP contribution in [-0.4, -0.2) is 37.0 Å². The fraction of sp³-hybridized carbons (Fsp3) is 0.750. The van der Waals surface area contributed by atoms with Crippen molar-refractivity contribution < 1.29 is 4.79 Å². The molecule has 0 bridgehead atoms. The minimum atomic E-state index is 0.0718. The van der Waals surface area contributed by atoms with Crippen molar-refractivity contribution in [1.82, 2.24) is 10.2 Å². The number of amides is 1. The third-order valence-corrected chi connectivity index (χ3v) is 3.48. The quantitative estimate of drug-likeness (QED) is 0.706. The molecule has 1 saturated heterocycles. The number of nitrogens with zero attached hydrogens (tertiary/aromatic N) is 1. The van der Waals surface area contributed by atoms with E-state index in [1.54, 1.807) is 5.57 Å². The molecule has 3 nitrogen and oxygen atoms in total. The summed E-state index contributed by atoms with van der Waals surface area (Å²) in [5, 5.41) is 3.07. The van der Waals surface area contributed by atoms with E-state index >= 15 is 0 Å². The molecule has 2 rings (SSSR count). The molecule has 1 heterocycles. The summed E-state index contributed by atoms with van der Waals surface area (Å²) in [5.41, 5.74) is 1.55. The molecule has 0 aromatic carbocycles. The van der Waals surface area contributed by atoms with Gasteiger partial charge in [0.15, 0.2) is 0 Å². The normalized spacial score (nSPS) is 26.2. The lowest BCUT2D eigenvalue weighted by atomic mass is 10.1. The van der Waals surface area contributed by atoms with Crippen molar-refractivity contribution in [2.45, 2.75) is 38.1 Å². The number of hydrogen-bond donors (Lipinski definition) is 1. The zero-order chi connectivity index (χ0) is 10.7. The van der Waals surface area contributed by atoms with Gasteiger partial charge in [0.25, 0.3) is 0 Å². The molecule has 1 N–H and O–H groups in total. The number of likely N-dealkylation sites (tertiary alicyclic amines) is 1. The molecule has 1 fully saturated rings. The van der Waals surface area contributed by atoms with Gasteiger partial charge in [0.2, 0.25) is 5.91 Å². The van der Waals surface area contributed by atoms with Gasteiger partial charge >= 0.3 is 0 Å². The molecule has 15 heavy (non-hydrogen) atoms. The van der Waals surface area contributed by atoms with E-state index in [9.17, 15) is 4.79 Å². The van der Waals surface area contributed by atoms with Crippen LogP contribution in [0.4, 0.5) is 0 Å². The zero-order valence-corrected chi connectivity index (χ0v) is 9.46. The van der Waals surface area contributed by atoms with Crippen LogP contribution in [0, 0.1) is 0 Å². The SMILES string of the molecule is CNC1CCN(CCC2=CCCC2)C1=O. The molecule has 1 amide bonds. The Hall–Kier alpha value is -0.830. The Kier molecular flexibility index (Phi) is 3.41. The summed E-state index contributed by atoms with van der Waals surface area (Å²) in [5.74, 6) is 0.288. The minimum Gasteiger partial charge on any atom is -0.341 e. The Balaban J connectivity index is 1.78. The highest BCUT2D eigenvalue weighted by molar-refractivity contribution is 5.83. The van der Waals surface area contributed by atoms with Gasteiger partial charge in [-0.1, -0.05) is 11.6 Å². The molecule has 3 heteroatoms. The second-order valence-electron chi connectivity index (χ2n) is 4.46. The van der Waals surface area contributed by atoms with Gasteiger partial charge in [-0.2, -0.15) is 0 Å². The highest BCUT2D eigenvalue weighted by Crippen LogP contribution is 2.21. The minimum absolute atomic E-state index is 0.0718. The summed E-state index contributed by atoms with van der Waals surface area (Å²) >= 11 is 0. The molecule has 0 aromatic heterocycles. The zero-order valence-electron chi connectivity index (χ0n) is 9.46. The lowest BCUT2D eigenvalue weighted by molar-refractivity contribution is -0.129. The van der Waals surface area contributed by atoms with Crippen LogP contribution in [0.25, 0.3) is 0 Å². The Morgan fingerprint density at radius 3 is 3.07 bits per heavy atom. The standard InChI is InChI=1S/C12H20N2O/c1-13-11-7-9-14(12(11)15)8-6-10-4-2-3-5-10/h4,11,13H,2-3,5-9H2,1H3. The number of carbonyl (C=O) groups excluding carboxylic acids is 1. The first-order valence-electron chi connectivity index (χ1n) is 5.95. The predicted molar refractivity (Wildman–Crippen MR) is 60.6 cm³/mol. The summed E-state index contributed by atoms with van der Waals surface area (Å²) in [6.07, 6.45) is 8.19. The fourth-order valence-electron chi connectivity index (χ4n) is 2.47. The molecule has 0 spiro atoms. The Labute approximate surface area is 91.5 Å². The van der Waals surface area contributed by atoms with Crippen LogP contribution in [0.15, 0.2) is 11.6 Å². The second kappa shape index (κ2) is 4.79. The first kappa shape index (κ1) is 10.7. The maximum Gasteiger partial charge on any atom is 0.239 e. The second-order valence-corrected chi connectivity index (χ2v) is 4.46. The lowest BCUT2D eigenvalue weighted by Gasteiger charge is -2.16. The summed E-state index contributed by atoms with van der Waals surface area (Å²) in [7, 11) is 1.87. The van der Waals surface area contributed by atoms with Crippen LogP contribution < -0.4 is 5.32 Å². The molecular weight excluding hydrogens is 188 g/mol. The van der Waals surface area contributed by atoms with Gasteiger partial charge in [0.1, 0.15) is 0 Å². The van der Waals surface area contributed by atoms with E-state index in [1.165, 1.54) is 19.3 Å². The van der Waals surface area contributed by atoms with Gasteiger partial charge in [-0.25, -0.2) is 0 Å². The van der Waals surface area contributed by atoms with Crippen LogP contribution >= 0.6 is 0 Å². The number of nitrogens with one attached hydrogen (secondary N) is 1. The van der Waals surface area contributed by atoms with E-state index in [2.05, 4.69) is 11.4 Å². The van der Waals surface area contributed by atoms with Crippen molar-refractivity contribution in [2.24, 2.45) is 0 Å². The van der Waals surface area contributed by atoms with E-state index in [0.717, 1.165) is 25.9 Å². The molecular formula is C12H20N2O. The summed E-state index contributed by atoms with van der Waals surface area (Å²) in [6.45, 7) is 1.85. The summed E-state index contributed by atoms with van der Waals surface area (Å²) < 4.78 is 0. The van der Waals surface area contributed by atoms with E-state index in [0.29, 0.717) is 0 Å². The van der Waals surface area contributed by atoms with Crippen molar-refractivity contribution in [3.63, 3.8) is 0 Å². The first-order valence-corrected chi connectivity index (χ1v) is 5.95. The molecule has 1 aliphatic heterocycles. The largest absolute Gasteiger partial charge is 0.341 e. The van der Waals surface area contributed by atoms with Crippen LogP contribution in [0.2, 0.25) is 0 Å². The van der Waals surface area contributed by atoms with Crippen LogP contribution in [0.1, 0.15) is 32.1 Å². The number of likely N-dealkylation sites (N-methyl/N-ethyl adjacent to an activating group) is 1. The lowest BCUT2D eigenvalue weighted by Crippen LogP contribution is -2.36. The summed E-state index contributed by atoms with van der Waals surface area (Å²) in [4.78, 5) is 13.8. The van der Waals surface area contributed by atoms with Crippen molar-refractivity contribution in [2.75, 3.05) is 20.1 Å². The summed E-state index contributed by atoms with van der Waals surface area (Å²) in [6, 6.07) is 0.0718. The first-order chi connectivity index (χ1) is 7.31. The van der Waals surface area contributed by atoms with Crippen LogP contribution in [0.5, 0.6) is 0 Å².